The minimum Gasteiger partial charge on any atom is -0.344 e. The zero-order valence-electron chi connectivity index (χ0n) is 20.8. The topological polar surface area (TPSA) is 9.86 Å². The summed E-state index contributed by atoms with van der Waals surface area (Å²) in [5, 5.41) is 7.88. The van der Waals surface area contributed by atoms with Gasteiger partial charge in [0.25, 0.3) is 0 Å². The van der Waals surface area contributed by atoms with Crippen LogP contribution >= 0.6 is 0 Å². The van der Waals surface area contributed by atoms with Crippen LogP contribution in [0.15, 0.2) is 115 Å². The molecule has 2 nitrogen and oxygen atoms in total. The van der Waals surface area contributed by atoms with E-state index in [1.165, 1.54) is 71.2 Å². The van der Waals surface area contributed by atoms with Crippen LogP contribution in [-0.2, 0) is 7.05 Å². The summed E-state index contributed by atoms with van der Waals surface area (Å²) in [5.74, 6) is 0. The summed E-state index contributed by atoms with van der Waals surface area (Å²) in [4.78, 5) is 0. The number of fused-ring (bicyclic) bond motifs is 8. The predicted octanol–water partition coefficient (Wildman–Crippen LogP) is 9.45. The van der Waals surface area contributed by atoms with Crippen molar-refractivity contribution in [2.45, 2.75) is 12.8 Å². The Morgan fingerprint density at radius 2 is 1.30 bits per heavy atom. The zero-order chi connectivity index (χ0) is 24.5. The molecule has 7 aromatic rings. The lowest BCUT2D eigenvalue weighted by molar-refractivity contribution is 0.979. The molecule has 0 unspecified atom stereocenters. The lowest BCUT2D eigenvalue weighted by atomic mass is 9.99. The molecule has 1 aliphatic carbocycles. The number of hydrogen-bond acceptors (Lipinski definition) is 0. The molecule has 8 rings (SSSR count). The number of aryl methyl sites for hydroxylation is 1. The summed E-state index contributed by atoms with van der Waals surface area (Å²) in [5.41, 5.74) is 8.99. The van der Waals surface area contributed by atoms with E-state index in [-0.39, 0.29) is 0 Å². The molecule has 0 fully saturated rings. The van der Waals surface area contributed by atoms with E-state index in [2.05, 4.69) is 131 Å². The van der Waals surface area contributed by atoms with Gasteiger partial charge in [0, 0.05) is 45.3 Å². The van der Waals surface area contributed by atoms with Crippen molar-refractivity contribution in [3.8, 4) is 11.1 Å². The second kappa shape index (κ2) is 7.72. The van der Waals surface area contributed by atoms with Crippen LogP contribution in [-0.4, -0.2) is 9.13 Å². The van der Waals surface area contributed by atoms with Gasteiger partial charge in [-0.25, -0.2) is 0 Å². The summed E-state index contributed by atoms with van der Waals surface area (Å²) in [6.45, 7) is 0. The average molecular weight is 475 g/mol. The molecule has 0 saturated heterocycles. The van der Waals surface area contributed by atoms with Crippen LogP contribution in [0.5, 0.6) is 0 Å². The highest BCUT2D eigenvalue weighted by atomic mass is 15.0. The molecule has 0 spiro atoms. The summed E-state index contributed by atoms with van der Waals surface area (Å²) < 4.78 is 4.78. The first-order chi connectivity index (χ1) is 18.3. The monoisotopic (exact) mass is 474 g/mol. The third-order valence-corrected chi connectivity index (χ3v) is 8.18. The number of aromatic nitrogens is 2. The minimum atomic E-state index is 1.07. The first kappa shape index (κ1) is 20.6. The Labute approximate surface area is 215 Å². The van der Waals surface area contributed by atoms with E-state index in [0.717, 1.165) is 12.8 Å². The molecule has 5 aromatic carbocycles. The van der Waals surface area contributed by atoms with Crippen LogP contribution in [0.25, 0.3) is 71.2 Å². The molecule has 0 atom stereocenters. The van der Waals surface area contributed by atoms with Gasteiger partial charge >= 0.3 is 0 Å². The van der Waals surface area contributed by atoms with Gasteiger partial charge in [0.05, 0.1) is 11.0 Å². The lowest BCUT2D eigenvalue weighted by Gasteiger charge is -2.14. The predicted molar refractivity (Wildman–Crippen MR) is 159 cm³/mol. The fourth-order valence-corrected chi connectivity index (χ4v) is 6.40. The van der Waals surface area contributed by atoms with Crippen LogP contribution in [0.2, 0.25) is 0 Å². The third kappa shape index (κ3) is 2.93. The normalized spacial score (nSPS) is 13.9. The molecular formula is C35H26N2. The summed E-state index contributed by atoms with van der Waals surface area (Å²) in [7, 11) is 2.18. The van der Waals surface area contributed by atoms with Crippen LogP contribution in [0, 0.1) is 0 Å². The lowest BCUT2D eigenvalue weighted by Crippen LogP contribution is -1.98. The van der Waals surface area contributed by atoms with E-state index < -0.39 is 0 Å². The van der Waals surface area contributed by atoms with Crippen molar-refractivity contribution >= 4 is 60.1 Å². The Bertz CT molecular complexity index is 2100. The molecule has 2 heteroatoms. The number of benzene rings is 5. The van der Waals surface area contributed by atoms with Crippen molar-refractivity contribution in [3.05, 3.63) is 115 Å². The van der Waals surface area contributed by atoms with Gasteiger partial charge in [0.15, 0.2) is 0 Å². The van der Waals surface area contributed by atoms with Crippen LogP contribution in [0.1, 0.15) is 12.8 Å². The molecule has 0 bridgehead atoms. The Hall–Kier alpha value is -4.56. The number of nitrogens with zero attached hydrogens (tertiary/aromatic N) is 2. The molecule has 0 radical (unpaired) electrons. The third-order valence-electron chi connectivity index (χ3n) is 8.18. The molecule has 0 aliphatic heterocycles. The number of para-hydroxylation sites is 1. The van der Waals surface area contributed by atoms with Gasteiger partial charge in [-0.2, -0.15) is 0 Å². The standard InChI is InChI=1S/C35H26N2/c1-36-31-18-16-25(22-30(31)35-27-12-6-5-9-23(27)15-20-34(35)36)24-17-19-33-29(21-24)28-13-7-8-14-32(28)37(33)26-10-3-2-4-11-26/h2-3,5-10,12-22H,4,11H2,1H3. The molecule has 0 N–H and O–H groups in total. The molecule has 176 valence electrons. The van der Waals surface area contributed by atoms with E-state index in [4.69, 9.17) is 0 Å². The van der Waals surface area contributed by atoms with Gasteiger partial charge in [-0.15, -0.1) is 0 Å². The molecule has 2 heterocycles. The van der Waals surface area contributed by atoms with Crippen LogP contribution < -0.4 is 0 Å². The van der Waals surface area contributed by atoms with Crippen molar-refractivity contribution in [2.24, 2.45) is 7.05 Å². The van der Waals surface area contributed by atoms with Crippen molar-refractivity contribution in [3.63, 3.8) is 0 Å². The Balaban J connectivity index is 1.39. The number of allylic oxidation sites excluding steroid dienone is 4. The smallest absolute Gasteiger partial charge is 0.0538 e. The average Bonchev–Trinajstić information content (AvgIpc) is 3.45. The second-order valence-corrected chi connectivity index (χ2v) is 10.2. The van der Waals surface area contributed by atoms with Gasteiger partial charge in [0.1, 0.15) is 0 Å². The highest BCUT2D eigenvalue weighted by Gasteiger charge is 2.16. The van der Waals surface area contributed by atoms with Gasteiger partial charge in [-0.3, -0.25) is 0 Å². The molecule has 1 aliphatic rings. The Morgan fingerprint density at radius 3 is 2.14 bits per heavy atom. The summed E-state index contributed by atoms with van der Waals surface area (Å²) >= 11 is 0. The first-order valence-electron chi connectivity index (χ1n) is 13.1. The van der Waals surface area contributed by atoms with E-state index in [9.17, 15) is 0 Å². The molecule has 37 heavy (non-hydrogen) atoms. The van der Waals surface area contributed by atoms with Crippen LogP contribution in [0.4, 0.5) is 0 Å². The van der Waals surface area contributed by atoms with Crippen molar-refractivity contribution in [1.82, 2.24) is 9.13 Å². The Kier molecular flexibility index (Phi) is 4.30. The minimum absolute atomic E-state index is 1.07. The van der Waals surface area contributed by atoms with Gasteiger partial charge in [-0.1, -0.05) is 72.8 Å². The highest BCUT2D eigenvalue weighted by Crippen LogP contribution is 2.39. The van der Waals surface area contributed by atoms with Crippen molar-refractivity contribution in [1.29, 1.82) is 0 Å². The zero-order valence-corrected chi connectivity index (χ0v) is 20.8. The van der Waals surface area contributed by atoms with E-state index in [1.807, 2.05) is 0 Å². The summed E-state index contributed by atoms with van der Waals surface area (Å²) in [6.07, 6.45) is 8.87. The van der Waals surface area contributed by atoms with E-state index >= 15 is 0 Å². The van der Waals surface area contributed by atoms with Crippen molar-refractivity contribution in [2.75, 3.05) is 0 Å². The van der Waals surface area contributed by atoms with Crippen LogP contribution in [0.3, 0.4) is 0 Å². The molecule has 0 amide bonds. The quantitative estimate of drug-likeness (QED) is 0.236. The second-order valence-electron chi connectivity index (χ2n) is 10.2. The molecular weight excluding hydrogens is 448 g/mol. The maximum absolute atomic E-state index is 2.46. The number of rotatable bonds is 2. The van der Waals surface area contributed by atoms with Crippen molar-refractivity contribution < 1.29 is 0 Å². The number of hydrogen-bond donors (Lipinski definition) is 0. The van der Waals surface area contributed by atoms with Gasteiger partial charge in [-0.05, 0) is 77.2 Å². The van der Waals surface area contributed by atoms with Gasteiger partial charge in [0.2, 0.25) is 0 Å². The maximum Gasteiger partial charge on any atom is 0.0538 e. The highest BCUT2D eigenvalue weighted by molar-refractivity contribution is 6.21. The van der Waals surface area contributed by atoms with Gasteiger partial charge < -0.3 is 9.13 Å². The SMILES string of the molecule is Cn1c2ccc(-c3ccc4c(c3)c3ccccc3n4C3=CC=CCC3)cc2c2c3ccccc3ccc21. The van der Waals surface area contributed by atoms with E-state index in [1.54, 1.807) is 0 Å². The largest absolute Gasteiger partial charge is 0.344 e. The fraction of sp³-hybridized carbons (Fsp3) is 0.0857. The molecule has 2 aromatic heterocycles. The Morgan fingerprint density at radius 1 is 0.595 bits per heavy atom. The summed E-state index contributed by atoms with van der Waals surface area (Å²) in [6, 6.07) is 36.0. The first-order valence-corrected chi connectivity index (χ1v) is 13.1. The fourth-order valence-electron chi connectivity index (χ4n) is 6.40. The van der Waals surface area contributed by atoms with E-state index in [0.29, 0.717) is 0 Å². The maximum atomic E-state index is 2.46. The molecule has 0 saturated carbocycles.